The molecule has 3 N–H and O–H groups in total. The fourth-order valence-electron chi connectivity index (χ4n) is 3.62. The Morgan fingerprint density at radius 3 is 2.63 bits per heavy atom. The van der Waals surface area contributed by atoms with E-state index in [0.717, 1.165) is 26.1 Å². The third-order valence-corrected chi connectivity index (χ3v) is 5.54. The van der Waals surface area contributed by atoms with Gasteiger partial charge in [-0.1, -0.05) is 11.6 Å². The fourth-order valence-corrected chi connectivity index (χ4v) is 3.82. The Labute approximate surface area is 185 Å². The summed E-state index contributed by atoms with van der Waals surface area (Å²) in [7, 11) is 0. The number of carboxylic acid groups (broad SMARTS) is 1. The van der Waals surface area contributed by atoms with Gasteiger partial charge >= 0.3 is 35.5 Å². The van der Waals surface area contributed by atoms with Crippen LogP contribution in [-0.2, 0) is 9.53 Å². The number of halogens is 1. The monoisotopic (exact) mass is 409 g/mol. The minimum absolute atomic E-state index is 0. The van der Waals surface area contributed by atoms with Crippen molar-refractivity contribution in [3.05, 3.63) is 21.6 Å². The molecule has 1 aliphatic carbocycles. The topological polar surface area (TPSA) is 123 Å². The van der Waals surface area contributed by atoms with E-state index in [1.807, 2.05) is 0 Å². The second kappa shape index (κ2) is 11.4. The van der Waals surface area contributed by atoms with Crippen molar-refractivity contribution in [1.82, 2.24) is 9.78 Å². The predicted octanol–water partition coefficient (Wildman–Crippen LogP) is -0.622. The summed E-state index contributed by atoms with van der Waals surface area (Å²) >= 11 is 6.25. The zero-order chi connectivity index (χ0) is 17.8. The molecule has 1 aromatic heterocycles. The third kappa shape index (κ3) is 6.17. The van der Waals surface area contributed by atoms with Crippen molar-refractivity contribution in [1.29, 1.82) is 0 Å². The number of carboxylic acids is 1. The Morgan fingerprint density at radius 2 is 2.04 bits per heavy atom. The maximum Gasteiger partial charge on any atom is 1.00 e. The number of aliphatic carboxylic acids is 1. The van der Waals surface area contributed by atoms with Gasteiger partial charge in [0, 0.05) is 13.2 Å². The maximum atomic E-state index is 12.5. The summed E-state index contributed by atoms with van der Waals surface area (Å²) in [6.07, 6.45) is 6.14. The van der Waals surface area contributed by atoms with Gasteiger partial charge in [-0.05, 0) is 44.4 Å². The Hall–Kier alpha value is -0.640. The van der Waals surface area contributed by atoms with Gasteiger partial charge in [-0.25, -0.2) is 4.68 Å². The van der Waals surface area contributed by atoms with Crippen molar-refractivity contribution >= 4 is 23.3 Å². The van der Waals surface area contributed by atoms with Crippen molar-refractivity contribution < 1.29 is 49.7 Å². The molecule has 27 heavy (non-hydrogen) atoms. The summed E-state index contributed by atoms with van der Waals surface area (Å²) in [5.41, 5.74) is 0.234. The average molecular weight is 410 g/mol. The molecular weight excluding hydrogens is 385 g/mol. The Balaban J connectivity index is 0.00000182. The van der Waals surface area contributed by atoms with E-state index in [-0.39, 0.29) is 57.6 Å². The molecule has 3 rings (SSSR count). The first kappa shape index (κ1) is 24.4. The molecule has 0 amide bonds. The van der Waals surface area contributed by atoms with Crippen LogP contribution in [0.25, 0.3) is 0 Å². The number of anilines is 1. The van der Waals surface area contributed by atoms with Crippen molar-refractivity contribution in [2.75, 3.05) is 25.1 Å². The van der Waals surface area contributed by atoms with E-state index in [2.05, 4.69) is 10.4 Å². The van der Waals surface area contributed by atoms with E-state index < -0.39 is 5.97 Å². The molecule has 2 heterocycles. The van der Waals surface area contributed by atoms with E-state index in [4.69, 9.17) is 21.4 Å². The molecule has 1 atom stereocenters. The van der Waals surface area contributed by atoms with E-state index in [0.29, 0.717) is 43.8 Å². The molecule has 1 saturated carbocycles. The molecule has 0 spiro atoms. The summed E-state index contributed by atoms with van der Waals surface area (Å²) in [5, 5.41) is 16.7. The number of hydrogen-bond donors (Lipinski definition) is 2. The Kier molecular flexibility index (Phi) is 10.3. The minimum Gasteiger partial charge on any atom is -0.870 e. The van der Waals surface area contributed by atoms with Crippen LogP contribution in [-0.4, -0.2) is 46.1 Å². The largest absolute Gasteiger partial charge is 1.00 e. The van der Waals surface area contributed by atoms with E-state index in [1.54, 1.807) is 6.20 Å². The summed E-state index contributed by atoms with van der Waals surface area (Å²) in [4.78, 5) is 23.6. The van der Waals surface area contributed by atoms with Gasteiger partial charge in [0.15, 0.2) is 0 Å². The number of nitrogens with zero attached hydrogens (tertiary/aromatic N) is 2. The van der Waals surface area contributed by atoms with Crippen molar-refractivity contribution in [3.8, 4) is 0 Å². The van der Waals surface area contributed by atoms with Crippen molar-refractivity contribution in [2.24, 2.45) is 11.8 Å². The van der Waals surface area contributed by atoms with Crippen LogP contribution in [0.15, 0.2) is 11.0 Å². The molecule has 10 heteroatoms. The van der Waals surface area contributed by atoms with Gasteiger partial charge in [-0.3, -0.25) is 9.59 Å². The molecule has 0 aromatic carbocycles. The van der Waals surface area contributed by atoms with Crippen molar-refractivity contribution in [2.45, 2.75) is 44.6 Å². The zero-order valence-electron chi connectivity index (χ0n) is 15.6. The fraction of sp³-hybridized carbons (Fsp3) is 0.706. The van der Waals surface area contributed by atoms with Crippen LogP contribution in [0.4, 0.5) is 5.69 Å². The molecule has 1 saturated heterocycles. The Morgan fingerprint density at radius 1 is 1.33 bits per heavy atom. The number of rotatable bonds is 5. The molecule has 1 aromatic rings. The van der Waals surface area contributed by atoms with E-state index in [1.165, 1.54) is 4.68 Å². The minimum atomic E-state index is -0.761. The van der Waals surface area contributed by atoms with Gasteiger partial charge in [0.05, 0.1) is 30.5 Å². The summed E-state index contributed by atoms with van der Waals surface area (Å²) in [6.45, 7) is 2.25. The molecular formula is C17H25ClN3NaO5. The number of hydrogen-bond acceptors (Lipinski definition) is 6. The van der Waals surface area contributed by atoms with Crippen LogP contribution in [0.3, 0.4) is 0 Å². The maximum absolute atomic E-state index is 12.5. The van der Waals surface area contributed by atoms with E-state index in [9.17, 15) is 9.59 Å². The molecule has 2 aliphatic rings. The summed E-state index contributed by atoms with van der Waals surface area (Å²) in [5.74, 6) is -0.664. The van der Waals surface area contributed by atoms with Gasteiger partial charge in [-0.2, -0.15) is 5.10 Å². The van der Waals surface area contributed by atoms with Crippen LogP contribution in [0.5, 0.6) is 0 Å². The first-order valence-electron chi connectivity index (χ1n) is 8.88. The molecule has 1 aliphatic heterocycles. The first-order valence-corrected chi connectivity index (χ1v) is 9.25. The smallest absolute Gasteiger partial charge is 0.870 e. The predicted molar refractivity (Wildman–Crippen MR) is 96.1 cm³/mol. The average Bonchev–Trinajstić information content (AvgIpc) is 2.64. The van der Waals surface area contributed by atoms with Gasteiger partial charge in [-0.15, -0.1) is 0 Å². The molecule has 8 nitrogen and oxygen atoms in total. The quantitative estimate of drug-likeness (QED) is 0.621. The first-order chi connectivity index (χ1) is 12.1. The zero-order valence-corrected chi connectivity index (χ0v) is 18.3. The van der Waals surface area contributed by atoms with Crippen LogP contribution in [0.2, 0.25) is 5.02 Å². The number of ether oxygens (including phenoxy) is 1. The number of aromatic nitrogens is 2. The molecule has 1 unspecified atom stereocenters. The third-order valence-electron chi connectivity index (χ3n) is 5.17. The number of carbonyl (C=O) groups is 1. The van der Waals surface area contributed by atoms with Gasteiger partial charge < -0.3 is 20.6 Å². The molecule has 0 radical (unpaired) electrons. The standard InChI is InChI=1S/C17H24ClN3O4.Na.H2O/c18-15-14(19-8-11-2-1-7-25-10-11)9-20-21(16(15)22)13-5-3-12(4-6-13)17(23)24;;/h9,11-13,19H,1-8,10H2,(H,23,24);;1H2/q;+1;/p-1. The van der Waals surface area contributed by atoms with Crippen LogP contribution < -0.4 is 40.4 Å². The second-order valence-corrected chi connectivity index (χ2v) is 7.31. The normalized spacial score (nSPS) is 25.0. The molecule has 146 valence electrons. The van der Waals surface area contributed by atoms with Gasteiger partial charge in [0.2, 0.25) is 0 Å². The molecule has 0 bridgehead atoms. The van der Waals surface area contributed by atoms with Gasteiger partial charge in [0.1, 0.15) is 5.02 Å². The van der Waals surface area contributed by atoms with Crippen molar-refractivity contribution in [3.63, 3.8) is 0 Å². The summed E-state index contributed by atoms with van der Waals surface area (Å²) in [6, 6.07) is -0.0820. The Bertz CT molecular complexity index is 673. The summed E-state index contributed by atoms with van der Waals surface area (Å²) < 4.78 is 6.86. The number of nitrogens with one attached hydrogen (secondary N) is 1. The second-order valence-electron chi connectivity index (χ2n) is 6.93. The van der Waals surface area contributed by atoms with Crippen LogP contribution in [0, 0.1) is 11.8 Å². The van der Waals surface area contributed by atoms with Crippen LogP contribution in [0.1, 0.15) is 44.6 Å². The van der Waals surface area contributed by atoms with Crippen LogP contribution >= 0.6 is 11.6 Å². The molecule has 2 fully saturated rings. The van der Waals surface area contributed by atoms with Gasteiger partial charge in [0.25, 0.3) is 5.56 Å². The SMILES string of the molecule is O=C(O)C1CCC(n2ncc(NCC3CCCOC3)c(Cl)c2=O)CC1.[Na+].[OH-]. The van der Waals surface area contributed by atoms with E-state index >= 15 is 0 Å².